The van der Waals surface area contributed by atoms with Crippen LogP contribution in [0.1, 0.15) is 49.0 Å². The van der Waals surface area contributed by atoms with Gasteiger partial charge >= 0.3 is 0 Å². The predicted octanol–water partition coefficient (Wildman–Crippen LogP) is 1.93. The first-order chi connectivity index (χ1) is 13.1. The average Bonchev–Trinajstić information content (AvgIpc) is 3.38. The van der Waals surface area contributed by atoms with Crippen molar-refractivity contribution in [1.29, 1.82) is 0 Å². The van der Waals surface area contributed by atoms with E-state index in [4.69, 9.17) is 0 Å². The van der Waals surface area contributed by atoms with E-state index in [1.807, 2.05) is 4.90 Å². The first-order valence-corrected chi connectivity index (χ1v) is 10.9. The maximum atomic E-state index is 12.6. The van der Waals surface area contributed by atoms with Crippen LogP contribution in [0.5, 0.6) is 0 Å². The second-order valence-corrected chi connectivity index (χ2v) is 8.90. The molecular weight excluding hydrogens is 362 g/mol. The highest BCUT2D eigenvalue weighted by atomic mass is 32.1. The molecule has 1 N–H and O–H groups in total. The monoisotopic (exact) mass is 389 g/mol. The molecule has 1 atom stereocenters. The largest absolute Gasteiger partial charge is 0.353 e. The molecule has 1 aliphatic carbocycles. The fraction of sp³-hybridized carbons (Fsp3) is 0.650. The van der Waals surface area contributed by atoms with Crippen molar-refractivity contribution in [2.75, 3.05) is 19.6 Å². The minimum absolute atomic E-state index is 0.000466. The topological polar surface area (TPSA) is 69.7 Å². The van der Waals surface area contributed by atoms with E-state index in [2.05, 4.69) is 16.8 Å². The molecule has 1 unspecified atom stereocenters. The van der Waals surface area contributed by atoms with Crippen molar-refractivity contribution in [3.05, 3.63) is 21.9 Å². The molecule has 0 bridgehead atoms. The van der Waals surface area contributed by atoms with E-state index in [0.29, 0.717) is 25.7 Å². The highest BCUT2D eigenvalue weighted by Crippen LogP contribution is 2.25. The lowest BCUT2D eigenvalue weighted by atomic mass is 9.96. The van der Waals surface area contributed by atoms with Crippen LogP contribution in [0.3, 0.4) is 0 Å². The highest BCUT2D eigenvalue weighted by Gasteiger charge is 2.32. The second kappa shape index (κ2) is 8.00. The molecule has 0 spiro atoms. The summed E-state index contributed by atoms with van der Waals surface area (Å²) in [7, 11) is 0. The Morgan fingerprint density at radius 1 is 1.07 bits per heavy atom. The number of carbonyl (C=O) groups excluding carboxylic acids is 3. The van der Waals surface area contributed by atoms with Gasteiger partial charge in [0.05, 0.1) is 5.92 Å². The molecule has 1 aromatic heterocycles. The molecule has 4 rings (SSSR count). The van der Waals surface area contributed by atoms with Crippen molar-refractivity contribution in [2.24, 2.45) is 5.92 Å². The zero-order valence-electron chi connectivity index (χ0n) is 15.6. The van der Waals surface area contributed by atoms with Crippen molar-refractivity contribution in [3.63, 3.8) is 0 Å². The maximum absolute atomic E-state index is 12.6. The van der Waals surface area contributed by atoms with Gasteiger partial charge in [0, 0.05) is 49.9 Å². The predicted molar refractivity (Wildman–Crippen MR) is 103 cm³/mol. The van der Waals surface area contributed by atoms with Crippen LogP contribution in [0.25, 0.3) is 0 Å². The Bertz CT molecular complexity index is 728. The lowest BCUT2D eigenvalue weighted by Gasteiger charge is -2.32. The van der Waals surface area contributed by atoms with E-state index in [1.165, 1.54) is 10.4 Å². The van der Waals surface area contributed by atoms with Crippen LogP contribution in [0.4, 0.5) is 0 Å². The molecule has 1 aromatic rings. The third-order valence-corrected chi connectivity index (χ3v) is 6.80. The number of thiophene rings is 1. The summed E-state index contributed by atoms with van der Waals surface area (Å²) in [5.41, 5.74) is 1.24. The van der Waals surface area contributed by atoms with Crippen molar-refractivity contribution in [2.45, 2.75) is 57.5 Å². The van der Waals surface area contributed by atoms with Gasteiger partial charge in [-0.2, -0.15) is 0 Å². The normalized spacial score (nSPS) is 22.3. The van der Waals surface area contributed by atoms with Crippen molar-refractivity contribution >= 4 is 29.1 Å². The van der Waals surface area contributed by atoms with Crippen LogP contribution in [-0.4, -0.2) is 53.2 Å². The molecule has 1 saturated heterocycles. The molecule has 1 saturated carbocycles. The summed E-state index contributed by atoms with van der Waals surface area (Å²) in [5.74, 6) is 0.0461. The summed E-state index contributed by atoms with van der Waals surface area (Å²) in [6.07, 6.45) is 5.26. The van der Waals surface area contributed by atoms with Crippen LogP contribution in [0.2, 0.25) is 0 Å². The summed E-state index contributed by atoms with van der Waals surface area (Å²) >= 11 is 1.75. The molecule has 0 radical (unpaired) electrons. The lowest BCUT2D eigenvalue weighted by Crippen LogP contribution is -2.46. The van der Waals surface area contributed by atoms with E-state index in [0.717, 1.165) is 38.6 Å². The quantitative estimate of drug-likeness (QED) is 0.837. The van der Waals surface area contributed by atoms with E-state index < -0.39 is 0 Å². The van der Waals surface area contributed by atoms with Crippen LogP contribution in [0.15, 0.2) is 11.4 Å². The number of nitrogens with one attached hydrogen (secondary N) is 1. The number of piperidine rings is 1. The van der Waals surface area contributed by atoms with E-state index >= 15 is 0 Å². The summed E-state index contributed by atoms with van der Waals surface area (Å²) in [4.78, 5) is 42.4. The van der Waals surface area contributed by atoms with Crippen molar-refractivity contribution < 1.29 is 14.4 Å². The van der Waals surface area contributed by atoms with Gasteiger partial charge in [-0.05, 0) is 49.1 Å². The Balaban J connectivity index is 1.24. The van der Waals surface area contributed by atoms with Gasteiger partial charge < -0.3 is 15.1 Å². The van der Waals surface area contributed by atoms with Gasteiger partial charge in [0.25, 0.3) is 0 Å². The fourth-order valence-corrected chi connectivity index (χ4v) is 4.85. The Labute approximate surface area is 163 Å². The first-order valence-electron chi connectivity index (χ1n) is 10.0. The van der Waals surface area contributed by atoms with Gasteiger partial charge in [0.2, 0.25) is 17.7 Å². The molecular formula is C20H27N3O3S. The Morgan fingerprint density at radius 3 is 2.63 bits per heavy atom. The number of fused-ring (bicyclic) bond motifs is 1. The number of carbonyl (C=O) groups is 3. The molecule has 3 heterocycles. The molecule has 146 valence electrons. The van der Waals surface area contributed by atoms with Crippen LogP contribution in [0, 0.1) is 5.92 Å². The maximum Gasteiger partial charge on any atom is 0.225 e. The molecule has 3 aliphatic rings. The molecule has 0 aromatic carbocycles. The van der Waals surface area contributed by atoms with Crippen LogP contribution in [-0.2, 0) is 27.3 Å². The Kier molecular flexibility index (Phi) is 5.48. The van der Waals surface area contributed by atoms with Crippen molar-refractivity contribution in [3.8, 4) is 0 Å². The number of amides is 3. The minimum Gasteiger partial charge on any atom is -0.353 e. The summed E-state index contributed by atoms with van der Waals surface area (Å²) in [6.45, 7) is 2.60. The number of rotatable bonds is 5. The third kappa shape index (κ3) is 4.51. The lowest BCUT2D eigenvalue weighted by molar-refractivity contribution is -0.139. The minimum atomic E-state index is -0.0990. The fourth-order valence-electron chi connectivity index (χ4n) is 3.96. The molecule has 27 heavy (non-hydrogen) atoms. The summed E-state index contributed by atoms with van der Waals surface area (Å²) < 4.78 is 0. The van der Waals surface area contributed by atoms with Gasteiger partial charge in [-0.1, -0.05) is 0 Å². The molecule has 3 amide bonds. The number of nitrogens with zero attached hydrogens (tertiary/aromatic N) is 2. The van der Waals surface area contributed by atoms with E-state index in [9.17, 15) is 14.4 Å². The molecule has 2 fully saturated rings. The summed E-state index contributed by atoms with van der Waals surface area (Å²) in [6, 6.07) is 2.44. The highest BCUT2D eigenvalue weighted by molar-refractivity contribution is 7.10. The van der Waals surface area contributed by atoms with Gasteiger partial charge in [-0.15, -0.1) is 11.3 Å². The van der Waals surface area contributed by atoms with E-state index in [1.54, 1.807) is 16.2 Å². The van der Waals surface area contributed by atoms with Crippen LogP contribution >= 0.6 is 11.3 Å². The molecule has 6 nitrogen and oxygen atoms in total. The number of likely N-dealkylation sites (tertiary alicyclic amines) is 1. The van der Waals surface area contributed by atoms with Gasteiger partial charge in [-0.25, -0.2) is 0 Å². The number of hydrogen-bond donors (Lipinski definition) is 1. The van der Waals surface area contributed by atoms with Gasteiger partial charge in [-0.3, -0.25) is 14.4 Å². The van der Waals surface area contributed by atoms with Crippen LogP contribution < -0.4 is 5.32 Å². The smallest absolute Gasteiger partial charge is 0.225 e. The van der Waals surface area contributed by atoms with Gasteiger partial charge in [0.1, 0.15) is 0 Å². The standard InChI is InChI=1S/C20H27N3O3S/c24-18(22-9-1-2-15(13-22)20(26)21-16-3-4-16)5-6-19(25)23-10-7-17-14(12-23)8-11-27-17/h8,11,15-16H,1-7,9-10,12-13H2,(H,21,26). The van der Waals surface area contributed by atoms with Crippen molar-refractivity contribution in [1.82, 2.24) is 15.1 Å². The SMILES string of the molecule is O=C(NC1CC1)C1CCCN(C(=O)CCC(=O)N2CCc3sccc3C2)C1. The second-order valence-electron chi connectivity index (χ2n) is 7.90. The third-order valence-electron chi connectivity index (χ3n) is 5.78. The average molecular weight is 390 g/mol. The van der Waals surface area contributed by atoms with E-state index in [-0.39, 0.29) is 36.5 Å². The molecule has 2 aliphatic heterocycles. The zero-order valence-corrected chi connectivity index (χ0v) is 16.4. The number of hydrogen-bond acceptors (Lipinski definition) is 4. The summed E-state index contributed by atoms with van der Waals surface area (Å²) in [5, 5.41) is 5.12. The Hall–Kier alpha value is -1.89. The zero-order chi connectivity index (χ0) is 18.8. The van der Waals surface area contributed by atoms with Gasteiger partial charge in [0.15, 0.2) is 0 Å². The molecule has 7 heteroatoms. The Morgan fingerprint density at radius 2 is 1.85 bits per heavy atom. The first kappa shape index (κ1) is 18.5.